The van der Waals surface area contributed by atoms with Gasteiger partial charge >= 0.3 is 8.80 Å². The molecule has 0 heterocycles. The highest BCUT2D eigenvalue weighted by Crippen LogP contribution is 2.24. The van der Waals surface area contributed by atoms with Gasteiger partial charge in [-0.3, -0.25) is 4.79 Å². The van der Waals surface area contributed by atoms with E-state index in [0.29, 0.717) is 26.4 Å². The summed E-state index contributed by atoms with van der Waals surface area (Å²) in [4.78, 5) is 12.0. The molecular weight excluding hydrogens is 286 g/mol. The Morgan fingerprint density at radius 3 is 2.05 bits per heavy atom. The third-order valence-electron chi connectivity index (χ3n) is 3.78. The molecule has 1 fully saturated rings. The first-order valence-electron chi connectivity index (χ1n) is 8.37. The minimum atomic E-state index is -2.55. The maximum Gasteiger partial charge on any atom is 0.500 e. The Hall–Kier alpha value is -0.433. The summed E-state index contributed by atoms with van der Waals surface area (Å²) in [7, 11) is -2.55. The van der Waals surface area contributed by atoms with Crippen LogP contribution in [0.15, 0.2) is 0 Å². The van der Waals surface area contributed by atoms with Gasteiger partial charge in [0.1, 0.15) is 0 Å². The number of carbonyl (C=O) groups excluding carboxylic acids is 1. The molecule has 0 spiro atoms. The Morgan fingerprint density at radius 1 is 1.05 bits per heavy atom. The molecule has 0 bridgehead atoms. The number of rotatable bonds is 11. The molecule has 5 nitrogen and oxygen atoms in total. The van der Waals surface area contributed by atoms with Crippen LogP contribution in [-0.4, -0.2) is 41.1 Å². The van der Waals surface area contributed by atoms with Crippen LogP contribution in [0.25, 0.3) is 0 Å². The highest BCUT2D eigenvalue weighted by molar-refractivity contribution is 6.60. The number of nitrogens with one attached hydrogen (secondary N) is 1. The molecule has 6 heteroatoms. The van der Waals surface area contributed by atoms with Crippen LogP contribution < -0.4 is 5.32 Å². The minimum absolute atomic E-state index is 0.212. The zero-order chi connectivity index (χ0) is 15.6. The van der Waals surface area contributed by atoms with Gasteiger partial charge in [0, 0.05) is 38.3 Å². The molecular formula is C15H31NO4Si. The molecule has 1 rings (SSSR count). The van der Waals surface area contributed by atoms with Gasteiger partial charge in [-0.1, -0.05) is 12.8 Å². The fraction of sp³-hybridized carbons (Fsp3) is 0.933. The molecule has 1 aliphatic rings. The van der Waals surface area contributed by atoms with E-state index in [0.717, 1.165) is 25.3 Å². The van der Waals surface area contributed by atoms with Crippen molar-refractivity contribution in [1.82, 2.24) is 5.32 Å². The highest BCUT2D eigenvalue weighted by atomic mass is 28.4. The first kappa shape index (κ1) is 18.6. The molecule has 1 aliphatic carbocycles. The average Bonchev–Trinajstić information content (AvgIpc) is 2.98. The number of carbonyl (C=O) groups is 1. The minimum Gasteiger partial charge on any atom is -0.374 e. The lowest BCUT2D eigenvalue weighted by molar-refractivity contribution is -0.124. The zero-order valence-corrected chi connectivity index (χ0v) is 14.8. The summed E-state index contributed by atoms with van der Waals surface area (Å²) in [6.45, 7) is 8.35. The molecule has 21 heavy (non-hydrogen) atoms. The summed E-state index contributed by atoms with van der Waals surface area (Å²) in [5, 5.41) is 3.04. The SMILES string of the molecule is CCO[Si](CCCNC(=O)C1CCCC1)(OCC)OCC. The van der Waals surface area contributed by atoms with Crippen LogP contribution >= 0.6 is 0 Å². The molecule has 1 saturated carbocycles. The van der Waals surface area contributed by atoms with Gasteiger partial charge in [-0.2, -0.15) is 0 Å². The van der Waals surface area contributed by atoms with E-state index in [9.17, 15) is 4.79 Å². The Bertz CT molecular complexity index is 278. The molecule has 1 amide bonds. The molecule has 1 N–H and O–H groups in total. The Labute approximate surface area is 130 Å². The monoisotopic (exact) mass is 317 g/mol. The molecule has 0 atom stereocenters. The molecule has 124 valence electrons. The molecule has 0 aliphatic heterocycles. The van der Waals surface area contributed by atoms with Crippen LogP contribution in [0.3, 0.4) is 0 Å². The molecule has 0 aromatic rings. The van der Waals surface area contributed by atoms with Crippen molar-refractivity contribution in [3.05, 3.63) is 0 Å². The fourth-order valence-electron chi connectivity index (χ4n) is 2.85. The summed E-state index contributed by atoms with van der Waals surface area (Å²) in [6, 6.07) is 0.757. The normalized spacial score (nSPS) is 16.3. The Morgan fingerprint density at radius 2 is 1.57 bits per heavy atom. The van der Waals surface area contributed by atoms with E-state index >= 15 is 0 Å². The van der Waals surface area contributed by atoms with Crippen LogP contribution in [0.1, 0.15) is 52.9 Å². The summed E-state index contributed by atoms with van der Waals surface area (Å²) >= 11 is 0. The summed E-state index contributed by atoms with van der Waals surface area (Å²) < 4.78 is 17.4. The van der Waals surface area contributed by atoms with Crippen LogP contribution in [0.5, 0.6) is 0 Å². The van der Waals surface area contributed by atoms with Crippen LogP contribution in [0.2, 0.25) is 6.04 Å². The van der Waals surface area contributed by atoms with Crippen molar-refractivity contribution < 1.29 is 18.1 Å². The average molecular weight is 318 g/mol. The maximum atomic E-state index is 12.0. The Balaban J connectivity index is 2.32. The Kier molecular flexibility index (Phi) is 9.15. The van der Waals surface area contributed by atoms with E-state index in [4.69, 9.17) is 13.3 Å². The van der Waals surface area contributed by atoms with Gasteiger partial charge in [-0.25, -0.2) is 0 Å². The number of hydrogen-bond acceptors (Lipinski definition) is 4. The molecule has 0 saturated heterocycles. The number of hydrogen-bond donors (Lipinski definition) is 1. The van der Waals surface area contributed by atoms with Gasteiger partial charge < -0.3 is 18.6 Å². The molecule has 0 radical (unpaired) electrons. The second-order valence-corrected chi connectivity index (χ2v) is 8.09. The zero-order valence-electron chi connectivity index (χ0n) is 13.8. The van der Waals surface area contributed by atoms with E-state index in [-0.39, 0.29) is 11.8 Å². The summed E-state index contributed by atoms with van der Waals surface area (Å²) in [6.07, 6.45) is 5.30. The van der Waals surface area contributed by atoms with E-state index < -0.39 is 8.80 Å². The first-order chi connectivity index (χ1) is 10.2. The standard InChI is InChI=1S/C15H31NO4Si/c1-4-18-21(19-5-2,20-6-3)13-9-12-16-15(17)14-10-7-8-11-14/h14H,4-13H2,1-3H3,(H,16,17). The van der Waals surface area contributed by atoms with E-state index in [1.54, 1.807) is 0 Å². The third-order valence-corrected chi connectivity index (χ3v) is 6.93. The molecule has 0 unspecified atom stereocenters. The van der Waals surface area contributed by atoms with Gasteiger partial charge in [0.05, 0.1) is 0 Å². The number of amides is 1. The predicted octanol–water partition coefficient (Wildman–Crippen LogP) is 2.73. The van der Waals surface area contributed by atoms with Gasteiger partial charge in [0.15, 0.2) is 0 Å². The molecule has 0 aromatic carbocycles. The highest BCUT2D eigenvalue weighted by Gasteiger charge is 2.39. The third kappa shape index (κ3) is 6.46. The second kappa shape index (κ2) is 10.3. The van der Waals surface area contributed by atoms with Gasteiger partial charge in [0.2, 0.25) is 5.91 Å². The maximum absolute atomic E-state index is 12.0. The van der Waals surface area contributed by atoms with E-state index in [2.05, 4.69) is 5.32 Å². The first-order valence-corrected chi connectivity index (χ1v) is 10.3. The van der Waals surface area contributed by atoms with Crippen molar-refractivity contribution in [2.45, 2.75) is 58.9 Å². The van der Waals surface area contributed by atoms with Crippen molar-refractivity contribution >= 4 is 14.7 Å². The lowest BCUT2D eigenvalue weighted by Gasteiger charge is -2.28. The van der Waals surface area contributed by atoms with Crippen molar-refractivity contribution in [2.75, 3.05) is 26.4 Å². The van der Waals surface area contributed by atoms with E-state index in [1.165, 1.54) is 12.8 Å². The summed E-state index contributed by atoms with van der Waals surface area (Å²) in [5.41, 5.74) is 0. The quantitative estimate of drug-likeness (QED) is 0.470. The van der Waals surface area contributed by atoms with Crippen LogP contribution in [0, 0.1) is 5.92 Å². The van der Waals surface area contributed by atoms with Crippen molar-refractivity contribution in [1.29, 1.82) is 0 Å². The smallest absolute Gasteiger partial charge is 0.374 e. The lowest BCUT2D eigenvalue weighted by atomic mass is 10.1. The second-order valence-electron chi connectivity index (χ2n) is 5.36. The molecule has 0 aromatic heterocycles. The van der Waals surface area contributed by atoms with E-state index in [1.807, 2.05) is 20.8 Å². The van der Waals surface area contributed by atoms with Crippen LogP contribution in [0.4, 0.5) is 0 Å². The summed E-state index contributed by atoms with van der Waals surface area (Å²) in [5.74, 6) is 0.446. The fourth-order valence-corrected chi connectivity index (χ4v) is 5.46. The van der Waals surface area contributed by atoms with Gasteiger partial charge in [-0.15, -0.1) is 0 Å². The van der Waals surface area contributed by atoms with Crippen molar-refractivity contribution in [3.8, 4) is 0 Å². The van der Waals surface area contributed by atoms with Crippen molar-refractivity contribution in [2.24, 2.45) is 5.92 Å². The van der Waals surface area contributed by atoms with Gasteiger partial charge in [-0.05, 0) is 40.0 Å². The van der Waals surface area contributed by atoms with Gasteiger partial charge in [0.25, 0.3) is 0 Å². The topological polar surface area (TPSA) is 56.8 Å². The predicted molar refractivity (Wildman–Crippen MR) is 85.0 cm³/mol. The largest absolute Gasteiger partial charge is 0.500 e. The van der Waals surface area contributed by atoms with Crippen LogP contribution in [-0.2, 0) is 18.1 Å². The lowest BCUT2D eigenvalue weighted by Crippen LogP contribution is -2.46. The van der Waals surface area contributed by atoms with Crippen molar-refractivity contribution in [3.63, 3.8) is 0 Å².